The number of halogens is 3. The molecule has 7 heteroatoms. The van der Waals surface area contributed by atoms with Gasteiger partial charge in [-0.2, -0.15) is 4.39 Å². The molecule has 1 fully saturated rings. The summed E-state index contributed by atoms with van der Waals surface area (Å²) in [6.45, 7) is 0.586. The third kappa shape index (κ3) is 2.45. The van der Waals surface area contributed by atoms with Crippen LogP contribution in [0.1, 0.15) is 29.6 Å². The monoisotopic (exact) mass is 288 g/mol. The van der Waals surface area contributed by atoms with Crippen molar-refractivity contribution in [1.29, 1.82) is 0 Å². The first-order valence-electron chi connectivity index (χ1n) is 6.34. The van der Waals surface area contributed by atoms with Crippen molar-refractivity contribution in [3.05, 3.63) is 29.1 Å². The van der Waals surface area contributed by atoms with Gasteiger partial charge in [0.1, 0.15) is 0 Å². The second-order valence-corrected chi connectivity index (χ2v) is 4.77. The minimum Gasteiger partial charge on any atom is -0.503 e. The molecule has 1 atom stereocenters. The molecule has 3 N–H and O–H groups in total. The zero-order valence-electron chi connectivity index (χ0n) is 10.7. The van der Waals surface area contributed by atoms with Crippen molar-refractivity contribution in [3.63, 3.8) is 0 Å². The number of piperidine rings is 1. The average Bonchev–Trinajstić information content (AvgIpc) is 2.48. The molecule has 1 saturated heterocycles. The van der Waals surface area contributed by atoms with E-state index >= 15 is 0 Å². The van der Waals surface area contributed by atoms with E-state index in [-0.39, 0.29) is 12.6 Å². The molecule has 0 spiro atoms. The fourth-order valence-electron chi connectivity index (χ4n) is 2.41. The smallest absolute Gasteiger partial charge is 0.257 e. The van der Waals surface area contributed by atoms with Gasteiger partial charge < -0.3 is 15.7 Å². The maximum atomic E-state index is 13.7. The summed E-state index contributed by atoms with van der Waals surface area (Å²) in [7, 11) is 0. The molecule has 0 aliphatic carbocycles. The van der Waals surface area contributed by atoms with Crippen molar-refractivity contribution in [2.75, 3.05) is 13.1 Å². The predicted octanol–water partition coefficient (Wildman–Crippen LogP) is 1.76. The summed E-state index contributed by atoms with van der Waals surface area (Å²) in [6.07, 6.45) is 2.32. The highest BCUT2D eigenvalue weighted by Crippen LogP contribution is 2.28. The summed E-state index contributed by atoms with van der Waals surface area (Å²) in [6, 6.07) is 0.209. The van der Waals surface area contributed by atoms with Crippen LogP contribution in [-0.4, -0.2) is 35.0 Å². The Morgan fingerprint density at radius 1 is 1.35 bits per heavy atom. The molecule has 1 aromatic rings. The minimum absolute atomic E-state index is 0.211. The molecule has 110 valence electrons. The van der Waals surface area contributed by atoms with Gasteiger partial charge in [-0.1, -0.05) is 0 Å². The number of benzene rings is 1. The summed E-state index contributed by atoms with van der Waals surface area (Å²) >= 11 is 0. The topological polar surface area (TPSA) is 66.6 Å². The minimum atomic E-state index is -1.70. The third-order valence-corrected chi connectivity index (χ3v) is 3.52. The molecule has 0 bridgehead atoms. The van der Waals surface area contributed by atoms with E-state index in [0.717, 1.165) is 12.8 Å². The number of likely N-dealkylation sites (tertiary alicyclic amines) is 1. The quantitative estimate of drug-likeness (QED) is 0.815. The number of carbonyl (C=O) groups is 1. The molecule has 1 aliphatic rings. The van der Waals surface area contributed by atoms with E-state index < -0.39 is 34.7 Å². The summed E-state index contributed by atoms with van der Waals surface area (Å²) in [4.78, 5) is 13.6. The van der Waals surface area contributed by atoms with Crippen LogP contribution in [0.3, 0.4) is 0 Å². The second-order valence-electron chi connectivity index (χ2n) is 4.77. The van der Waals surface area contributed by atoms with Crippen molar-refractivity contribution in [2.45, 2.75) is 25.3 Å². The maximum Gasteiger partial charge on any atom is 0.257 e. The highest BCUT2D eigenvalue weighted by Gasteiger charge is 2.30. The van der Waals surface area contributed by atoms with Gasteiger partial charge in [-0.05, 0) is 25.3 Å². The molecule has 0 aromatic heterocycles. The number of nitrogens with two attached hydrogens (primary N) is 1. The zero-order valence-corrected chi connectivity index (χ0v) is 10.7. The normalized spacial score (nSPS) is 19.2. The Hall–Kier alpha value is -1.76. The highest BCUT2D eigenvalue weighted by atomic mass is 19.2. The maximum absolute atomic E-state index is 13.7. The number of amides is 1. The molecule has 1 aromatic carbocycles. The van der Waals surface area contributed by atoms with Gasteiger partial charge in [-0.15, -0.1) is 0 Å². The Kier molecular flexibility index (Phi) is 4.17. The van der Waals surface area contributed by atoms with Crippen LogP contribution in [0.25, 0.3) is 0 Å². The molecule has 1 aliphatic heterocycles. The lowest BCUT2D eigenvalue weighted by Gasteiger charge is -2.35. The fraction of sp³-hybridized carbons (Fsp3) is 0.462. The van der Waals surface area contributed by atoms with E-state index in [4.69, 9.17) is 10.8 Å². The SMILES string of the molecule is NCC1CCCCN1C(=O)c1cc(F)c(F)c(O)c1F. The van der Waals surface area contributed by atoms with Crippen molar-refractivity contribution in [2.24, 2.45) is 5.73 Å². The van der Waals surface area contributed by atoms with Crippen LogP contribution in [0.15, 0.2) is 6.07 Å². The Balaban J connectivity index is 2.38. The number of rotatable bonds is 2. The lowest BCUT2D eigenvalue weighted by molar-refractivity contribution is 0.0616. The summed E-state index contributed by atoms with van der Waals surface area (Å²) in [5.41, 5.74) is 4.88. The Bertz CT molecular complexity index is 537. The van der Waals surface area contributed by atoms with Crippen LogP contribution in [-0.2, 0) is 0 Å². The van der Waals surface area contributed by atoms with Gasteiger partial charge in [-0.3, -0.25) is 4.79 Å². The van der Waals surface area contributed by atoms with Crippen LogP contribution >= 0.6 is 0 Å². The van der Waals surface area contributed by atoms with Crippen molar-refractivity contribution in [1.82, 2.24) is 4.90 Å². The summed E-state index contributed by atoms with van der Waals surface area (Å²) < 4.78 is 40.0. The molecule has 2 rings (SSSR count). The van der Waals surface area contributed by atoms with Crippen LogP contribution in [0.4, 0.5) is 13.2 Å². The fourth-order valence-corrected chi connectivity index (χ4v) is 2.41. The molecule has 20 heavy (non-hydrogen) atoms. The van der Waals surface area contributed by atoms with E-state index in [2.05, 4.69) is 0 Å². The molecular weight excluding hydrogens is 273 g/mol. The van der Waals surface area contributed by atoms with E-state index in [9.17, 15) is 18.0 Å². The van der Waals surface area contributed by atoms with Gasteiger partial charge >= 0.3 is 0 Å². The van der Waals surface area contributed by atoms with Crippen molar-refractivity contribution < 1.29 is 23.1 Å². The van der Waals surface area contributed by atoms with Gasteiger partial charge in [-0.25, -0.2) is 8.78 Å². The number of phenolic OH excluding ortho intramolecular Hbond substituents is 1. The van der Waals surface area contributed by atoms with Crippen LogP contribution in [0.2, 0.25) is 0 Å². The van der Waals surface area contributed by atoms with E-state index in [1.165, 1.54) is 4.90 Å². The average molecular weight is 288 g/mol. The van der Waals surface area contributed by atoms with Crippen LogP contribution < -0.4 is 5.73 Å². The largest absolute Gasteiger partial charge is 0.503 e. The molecule has 1 unspecified atom stereocenters. The third-order valence-electron chi connectivity index (χ3n) is 3.52. The molecule has 0 saturated carbocycles. The van der Waals surface area contributed by atoms with E-state index in [0.29, 0.717) is 19.0 Å². The molecule has 1 amide bonds. The summed E-state index contributed by atoms with van der Waals surface area (Å²) in [5, 5.41) is 9.15. The molecule has 4 nitrogen and oxygen atoms in total. The number of aromatic hydroxyl groups is 1. The molecule has 0 radical (unpaired) electrons. The lowest BCUT2D eigenvalue weighted by atomic mass is 10.0. The first-order valence-corrected chi connectivity index (χ1v) is 6.34. The zero-order chi connectivity index (χ0) is 14.9. The Morgan fingerprint density at radius 3 is 2.70 bits per heavy atom. The van der Waals surface area contributed by atoms with Crippen LogP contribution in [0, 0.1) is 17.5 Å². The number of hydrogen-bond donors (Lipinski definition) is 2. The van der Waals surface area contributed by atoms with E-state index in [1.54, 1.807) is 0 Å². The van der Waals surface area contributed by atoms with Gasteiger partial charge in [0.05, 0.1) is 5.56 Å². The number of hydrogen-bond acceptors (Lipinski definition) is 3. The Labute approximate surface area is 114 Å². The second kappa shape index (κ2) is 5.70. The van der Waals surface area contributed by atoms with Gasteiger partial charge in [0.2, 0.25) is 5.82 Å². The number of nitrogens with zero attached hydrogens (tertiary/aromatic N) is 1. The highest BCUT2D eigenvalue weighted by molar-refractivity contribution is 5.95. The van der Waals surface area contributed by atoms with Crippen molar-refractivity contribution >= 4 is 5.91 Å². The standard InChI is InChI=1S/C13H15F3N2O2/c14-9-5-8(10(15)12(19)11(9)16)13(20)18-4-2-1-3-7(18)6-17/h5,7,19H,1-4,6,17H2. The predicted molar refractivity (Wildman–Crippen MR) is 65.7 cm³/mol. The number of phenols is 1. The van der Waals surface area contributed by atoms with Gasteiger partial charge in [0.15, 0.2) is 17.4 Å². The summed E-state index contributed by atoms with van der Waals surface area (Å²) in [5.74, 6) is -6.88. The first kappa shape index (κ1) is 14.6. The molecule has 1 heterocycles. The lowest BCUT2D eigenvalue weighted by Crippen LogP contribution is -2.47. The van der Waals surface area contributed by atoms with Gasteiger partial charge in [0, 0.05) is 19.1 Å². The first-order chi connectivity index (χ1) is 9.47. The van der Waals surface area contributed by atoms with Gasteiger partial charge in [0.25, 0.3) is 5.91 Å². The Morgan fingerprint density at radius 2 is 2.05 bits per heavy atom. The van der Waals surface area contributed by atoms with Crippen LogP contribution in [0.5, 0.6) is 5.75 Å². The van der Waals surface area contributed by atoms with E-state index in [1.807, 2.05) is 0 Å². The van der Waals surface area contributed by atoms with Crippen molar-refractivity contribution in [3.8, 4) is 5.75 Å². The molecular formula is C13H15F3N2O2. The number of carbonyl (C=O) groups excluding carboxylic acids is 1.